The second-order valence-corrected chi connectivity index (χ2v) is 6.66. The largest absolute Gasteiger partial charge is 0.452 e. The van der Waals surface area contributed by atoms with E-state index in [1.54, 1.807) is 0 Å². The van der Waals surface area contributed by atoms with E-state index in [1.165, 1.54) is 12.5 Å². The Bertz CT molecular complexity index is 494. The number of furan rings is 1. The van der Waals surface area contributed by atoms with E-state index in [0.29, 0.717) is 18.2 Å². The molecule has 0 aromatic carbocycles. The highest BCUT2D eigenvalue weighted by atomic mass is 79.9. The first-order valence-electron chi connectivity index (χ1n) is 5.51. The highest BCUT2D eigenvalue weighted by Gasteiger charge is 2.25. The molecule has 0 amide bonds. The molecule has 3 N–H and O–H groups in total. The third kappa shape index (κ3) is 2.90. The molecule has 1 saturated carbocycles. The molecule has 5 nitrogen and oxygen atoms in total. The van der Waals surface area contributed by atoms with Gasteiger partial charge in [-0.25, -0.2) is 13.1 Å². The van der Waals surface area contributed by atoms with Crippen LogP contribution in [0.2, 0.25) is 0 Å². The summed E-state index contributed by atoms with van der Waals surface area (Å²) in [7, 11) is -3.50. The molecule has 0 saturated heterocycles. The van der Waals surface area contributed by atoms with E-state index in [9.17, 15) is 8.42 Å². The fourth-order valence-corrected chi connectivity index (χ4v) is 3.80. The molecule has 1 aliphatic carbocycles. The molecular formula is C10H15BrN2O3S. The van der Waals surface area contributed by atoms with Crippen LogP contribution in [0.1, 0.15) is 25.0 Å². The quantitative estimate of drug-likeness (QED) is 0.861. The summed E-state index contributed by atoms with van der Waals surface area (Å²) in [4.78, 5) is 0.122. The third-order valence-electron chi connectivity index (χ3n) is 2.98. The summed E-state index contributed by atoms with van der Waals surface area (Å²) in [6.07, 6.45) is 3.39. The predicted octanol–water partition coefficient (Wildman–Crippen LogP) is 1.58. The zero-order valence-corrected chi connectivity index (χ0v) is 11.7. The fraction of sp³-hybridized carbons (Fsp3) is 0.600. The molecule has 0 unspecified atom stereocenters. The highest BCUT2D eigenvalue weighted by Crippen LogP contribution is 2.28. The molecule has 1 fully saturated rings. The molecule has 1 aliphatic rings. The lowest BCUT2D eigenvalue weighted by Gasteiger charge is -2.25. The average Bonchev–Trinajstić information content (AvgIpc) is 2.58. The van der Waals surface area contributed by atoms with E-state index in [0.717, 1.165) is 12.8 Å². The lowest BCUT2D eigenvalue weighted by Crippen LogP contribution is -2.32. The molecule has 7 heteroatoms. The van der Waals surface area contributed by atoms with Gasteiger partial charge in [-0.3, -0.25) is 0 Å². The van der Waals surface area contributed by atoms with Crippen molar-refractivity contribution in [2.75, 3.05) is 6.54 Å². The molecule has 0 aliphatic heterocycles. The van der Waals surface area contributed by atoms with Crippen molar-refractivity contribution in [3.05, 3.63) is 16.5 Å². The Morgan fingerprint density at radius 2 is 2.24 bits per heavy atom. The van der Waals surface area contributed by atoms with Crippen LogP contribution in [0.15, 0.2) is 20.0 Å². The Morgan fingerprint density at radius 1 is 1.53 bits per heavy atom. The fourth-order valence-electron chi connectivity index (χ4n) is 1.68. The normalized spacial score (nSPS) is 17.1. The van der Waals surface area contributed by atoms with Gasteiger partial charge < -0.3 is 10.2 Å². The van der Waals surface area contributed by atoms with E-state index >= 15 is 0 Å². The summed E-state index contributed by atoms with van der Waals surface area (Å²) in [5.41, 5.74) is 5.40. The van der Waals surface area contributed by atoms with Crippen LogP contribution in [0.4, 0.5) is 0 Å². The van der Waals surface area contributed by atoms with E-state index < -0.39 is 10.0 Å². The highest BCUT2D eigenvalue weighted by molar-refractivity contribution is 9.10. The van der Waals surface area contributed by atoms with Gasteiger partial charge in [-0.2, -0.15) is 0 Å². The first-order chi connectivity index (χ1) is 8.03. The van der Waals surface area contributed by atoms with Crippen LogP contribution in [0, 0.1) is 5.92 Å². The number of hydrogen-bond donors (Lipinski definition) is 2. The van der Waals surface area contributed by atoms with Crippen molar-refractivity contribution in [2.24, 2.45) is 11.7 Å². The summed E-state index contributed by atoms with van der Waals surface area (Å²) in [5, 5.41) is 0. The lowest BCUT2D eigenvalue weighted by atomic mass is 9.86. The summed E-state index contributed by atoms with van der Waals surface area (Å²) < 4.78 is 31.9. The van der Waals surface area contributed by atoms with Crippen LogP contribution in [0.25, 0.3) is 0 Å². The maximum atomic E-state index is 12.0. The third-order valence-corrected chi connectivity index (χ3v) is 5.26. The molecule has 17 heavy (non-hydrogen) atoms. The topological polar surface area (TPSA) is 85.3 Å². The Morgan fingerprint density at radius 3 is 2.71 bits per heavy atom. The van der Waals surface area contributed by atoms with Gasteiger partial charge in [-0.05, 0) is 34.7 Å². The second-order valence-electron chi connectivity index (χ2n) is 4.20. The Kier molecular flexibility index (Phi) is 3.92. The van der Waals surface area contributed by atoms with Crippen molar-refractivity contribution in [1.82, 2.24) is 4.72 Å². The van der Waals surface area contributed by atoms with Crippen molar-refractivity contribution in [3.8, 4) is 0 Å². The van der Waals surface area contributed by atoms with Gasteiger partial charge in [0.2, 0.25) is 10.0 Å². The number of sulfonamides is 1. The number of nitrogens with one attached hydrogen (secondary N) is 1. The molecule has 0 bridgehead atoms. The van der Waals surface area contributed by atoms with E-state index in [1.807, 2.05) is 0 Å². The molecule has 0 spiro atoms. The summed E-state index contributed by atoms with van der Waals surface area (Å²) in [6, 6.07) is 1.45. The second kappa shape index (κ2) is 5.09. The minimum absolute atomic E-state index is 0.122. The molecule has 1 aromatic heterocycles. The number of hydrogen-bond acceptors (Lipinski definition) is 4. The molecule has 0 atom stereocenters. The van der Waals surface area contributed by atoms with Crippen molar-refractivity contribution < 1.29 is 12.8 Å². The Balaban J connectivity index is 2.09. The zero-order chi connectivity index (χ0) is 12.5. The average molecular weight is 323 g/mol. The monoisotopic (exact) mass is 322 g/mol. The summed E-state index contributed by atoms with van der Waals surface area (Å²) in [5.74, 6) is 0.922. The van der Waals surface area contributed by atoms with Gasteiger partial charge in [0.05, 0.1) is 6.54 Å². The molecule has 96 valence electrons. The van der Waals surface area contributed by atoms with Crippen LogP contribution in [0.3, 0.4) is 0 Å². The Hall–Kier alpha value is -0.370. The van der Waals surface area contributed by atoms with Crippen LogP contribution in [0.5, 0.6) is 0 Å². The molecule has 0 radical (unpaired) electrons. The SMILES string of the molecule is NCc1cc(S(=O)(=O)NCC2CCC2)c(Br)o1. The first kappa shape index (κ1) is 13.1. The summed E-state index contributed by atoms with van der Waals surface area (Å²) >= 11 is 3.09. The number of rotatable bonds is 5. The summed E-state index contributed by atoms with van der Waals surface area (Å²) in [6.45, 7) is 0.675. The van der Waals surface area contributed by atoms with Crippen LogP contribution in [-0.4, -0.2) is 15.0 Å². The van der Waals surface area contributed by atoms with Gasteiger partial charge in [0.1, 0.15) is 10.7 Å². The van der Waals surface area contributed by atoms with Gasteiger partial charge in [-0.1, -0.05) is 6.42 Å². The van der Waals surface area contributed by atoms with E-state index in [-0.39, 0.29) is 16.1 Å². The minimum Gasteiger partial charge on any atom is -0.452 e. The van der Waals surface area contributed by atoms with Gasteiger partial charge in [0.25, 0.3) is 0 Å². The molecule has 1 heterocycles. The smallest absolute Gasteiger partial charge is 0.244 e. The van der Waals surface area contributed by atoms with Crippen molar-refractivity contribution in [2.45, 2.75) is 30.7 Å². The van der Waals surface area contributed by atoms with Gasteiger partial charge in [-0.15, -0.1) is 0 Å². The lowest BCUT2D eigenvalue weighted by molar-refractivity contribution is 0.316. The van der Waals surface area contributed by atoms with Crippen molar-refractivity contribution in [3.63, 3.8) is 0 Å². The Labute approximate surface area is 109 Å². The molecule has 2 rings (SSSR count). The maximum Gasteiger partial charge on any atom is 0.244 e. The van der Waals surface area contributed by atoms with Crippen molar-refractivity contribution in [1.29, 1.82) is 0 Å². The molecular weight excluding hydrogens is 308 g/mol. The van der Waals surface area contributed by atoms with E-state index in [2.05, 4.69) is 20.7 Å². The van der Waals surface area contributed by atoms with Crippen LogP contribution >= 0.6 is 15.9 Å². The van der Waals surface area contributed by atoms with Gasteiger partial charge in [0.15, 0.2) is 4.67 Å². The van der Waals surface area contributed by atoms with E-state index in [4.69, 9.17) is 10.2 Å². The maximum absolute atomic E-state index is 12.0. The zero-order valence-electron chi connectivity index (χ0n) is 9.28. The predicted molar refractivity (Wildman–Crippen MR) is 66.8 cm³/mol. The number of halogens is 1. The number of nitrogens with two attached hydrogens (primary N) is 1. The van der Waals surface area contributed by atoms with Gasteiger partial charge in [0, 0.05) is 12.6 Å². The van der Waals surface area contributed by atoms with Crippen molar-refractivity contribution >= 4 is 26.0 Å². The first-order valence-corrected chi connectivity index (χ1v) is 7.78. The molecule has 1 aromatic rings. The minimum atomic E-state index is -3.50. The van der Waals surface area contributed by atoms with Crippen LogP contribution < -0.4 is 10.5 Å². The standard InChI is InChI=1S/C10H15BrN2O3S/c11-10-9(4-8(5-12)16-10)17(14,15)13-6-7-2-1-3-7/h4,7,13H,1-3,5-6,12H2. The van der Waals surface area contributed by atoms with Crippen LogP contribution in [-0.2, 0) is 16.6 Å². The van der Waals surface area contributed by atoms with Gasteiger partial charge >= 0.3 is 0 Å².